The first-order chi connectivity index (χ1) is 9.20. The predicted molar refractivity (Wildman–Crippen MR) is 81.3 cm³/mol. The van der Waals surface area contributed by atoms with E-state index in [0.29, 0.717) is 12.6 Å². The lowest BCUT2D eigenvalue weighted by Crippen LogP contribution is -2.41. The van der Waals surface area contributed by atoms with E-state index in [-0.39, 0.29) is 5.91 Å². The molecule has 19 heavy (non-hydrogen) atoms. The number of amides is 1. The molecular weight excluding hydrogens is 306 g/mol. The second-order valence-electron chi connectivity index (χ2n) is 4.85. The van der Waals surface area contributed by atoms with Crippen LogP contribution in [0.1, 0.15) is 12.8 Å². The highest BCUT2D eigenvalue weighted by Crippen LogP contribution is 2.21. The molecule has 0 spiro atoms. The lowest BCUT2D eigenvalue weighted by atomic mass is 10.2. The number of anilines is 1. The SMILES string of the molecule is CNCC1CCCN1CC(=O)Nc1ccccc1Br. The molecule has 1 atom stereocenters. The van der Waals surface area contributed by atoms with Crippen molar-refractivity contribution in [3.8, 4) is 0 Å². The van der Waals surface area contributed by atoms with Crippen molar-refractivity contribution in [1.29, 1.82) is 0 Å². The zero-order valence-corrected chi connectivity index (χ0v) is 12.7. The van der Waals surface area contributed by atoms with Crippen LogP contribution in [-0.2, 0) is 4.79 Å². The molecule has 2 N–H and O–H groups in total. The summed E-state index contributed by atoms with van der Waals surface area (Å²) < 4.78 is 0.913. The number of nitrogens with one attached hydrogen (secondary N) is 2. The fraction of sp³-hybridized carbons (Fsp3) is 0.500. The molecule has 1 amide bonds. The van der Waals surface area contributed by atoms with Gasteiger partial charge >= 0.3 is 0 Å². The van der Waals surface area contributed by atoms with Gasteiger partial charge in [-0.3, -0.25) is 9.69 Å². The monoisotopic (exact) mass is 325 g/mol. The Labute approximate surface area is 122 Å². The van der Waals surface area contributed by atoms with Gasteiger partial charge in [0.2, 0.25) is 5.91 Å². The molecular formula is C14H20BrN3O. The Morgan fingerprint density at radius 1 is 1.47 bits per heavy atom. The molecule has 2 rings (SSSR count). The number of rotatable bonds is 5. The van der Waals surface area contributed by atoms with Crippen LogP contribution in [0.4, 0.5) is 5.69 Å². The summed E-state index contributed by atoms with van der Waals surface area (Å²) in [4.78, 5) is 14.3. The number of hydrogen-bond donors (Lipinski definition) is 2. The summed E-state index contributed by atoms with van der Waals surface area (Å²) in [5, 5.41) is 6.14. The van der Waals surface area contributed by atoms with Crippen LogP contribution in [0.2, 0.25) is 0 Å². The van der Waals surface area contributed by atoms with Gasteiger partial charge in [-0.25, -0.2) is 0 Å². The van der Waals surface area contributed by atoms with E-state index in [2.05, 4.69) is 31.5 Å². The molecule has 1 heterocycles. The van der Waals surface area contributed by atoms with E-state index < -0.39 is 0 Å². The molecule has 4 nitrogen and oxygen atoms in total. The Morgan fingerprint density at radius 2 is 2.26 bits per heavy atom. The zero-order chi connectivity index (χ0) is 13.7. The summed E-state index contributed by atoms with van der Waals surface area (Å²) in [5.74, 6) is 0.0508. The van der Waals surface area contributed by atoms with E-state index in [4.69, 9.17) is 0 Å². The fourth-order valence-corrected chi connectivity index (χ4v) is 2.89. The molecule has 0 aliphatic carbocycles. The lowest BCUT2D eigenvalue weighted by molar-refractivity contribution is -0.117. The van der Waals surface area contributed by atoms with Gasteiger partial charge in [-0.2, -0.15) is 0 Å². The fourth-order valence-electron chi connectivity index (χ4n) is 2.51. The molecule has 0 bridgehead atoms. The molecule has 1 unspecified atom stereocenters. The first-order valence-electron chi connectivity index (χ1n) is 6.63. The third-order valence-corrected chi connectivity index (χ3v) is 4.12. The zero-order valence-electron chi connectivity index (χ0n) is 11.2. The van der Waals surface area contributed by atoms with Crippen LogP contribution >= 0.6 is 15.9 Å². The molecule has 1 saturated heterocycles. The predicted octanol–water partition coefficient (Wildman–Crippen LogP) is 2.07. The Hall–Kier alpha value is -0.910. The molecule has 1 aromatic carbocycles. The van der Waals surface area contributed by atoms with Crippen molar-refractivity contribution < 1.29 is 4.79 Å². The second-order valence-corrected chi connectivity index (χ2v) is 5.71. The number of carbonyl (C=O) groups is 1. The van der Waals surface area contributed by atoms with Crippen molar-refractivity contribution in [2.75, 3.05) is 32.0 Å². The first kappa shape index (κ1) is 14.5. The van der Waals surface area contributed by atoms with Gasteiger partial charge in [0.05, 0.1) is 12.2 Å². The molecule has 0 aromatic heterocycles. The van der Waals surface area contributed by atoms with E-state index in [0.717, 1.165) is 23.2 Å². The maximum atomic E-state index is 12.1. The second kappa shape index (κ2) is 7.03. The Bertz CT molecular complexity index is 438. The number of likely N-dealkylation sites (N-methyl/N-ethyl adjacent to an activating group) is 1. The number of benzene rings is 1. The highest BCUT2D eigenvalue weighted by molar-refractivity contribution is 9.10. The normalized spacial score (nSPS) is 19.6. The number of nitrogens with zero attached hydrogens (tertiary/aromatic N) is 1. The van der Waals surface area contributed by atoms with Gasteiger partial charge in [0.15, 0.2) is 0 Å². The van der Waals surface area contributed by atoms with E-state index in [1.54, 1.807) is 0 Å². The summed E-state index contributed by atoms with van der Waals surface area (Å²) in [6.07, 6.45) is 2.35. The molecule has 104 valence electrons. The number of hydrogen-bond acceptors (Lipinski definition) is 3. The van der Waals surface area contributed by atoms with Gasteiger partial charge in [-0.05, 0) is 54.5 Å². The van der Waals surface area contributed by atoms with Gasteiger partial charge < -0.3 is 10.6 Å². The highest BCUT2D eigenvalue weighted by atomic mass is 79.9. The van der Waals surface area contributed by atoms with Crippen molar-refractivity contribution in [3.05, 3.63) is 28.7 Å². The van der Waals surface area contributed by atoms with Crippen molar-refractivity contribution in [1.82, 2.24) is 10.2 Å². The Morgan fingerprint density at radius 3 is 3.00 bits per heavy atom. The Kier molecular flexibility index (Phi) is 5.36. The van der Waals surface area contributed by atoms with Crippen LogP contribution in [0.3, 0.4) is 0 Å². The largest absolute Gasteiger partial charge is 0.324 e. The average molecular weight is 326 g/mol. The summed E-state index contributed by atoms with van der Waals surface area (Å²) >= 11 is 3.44. The minimum Gasteiger partial charge on any atom is -0.324 e. The maximum Gasteiger partial charge on any atom is 0.238 e. The van der Waals surface area contributed by atoms with Gasteiger partial charge in [-0.15, -0.1) is 0 Å². The first-order valence-corrected chi connectivity index (χ1v) is 7.43. The maximum absolute atomic E-state index is 12.1. The van der Waals surface area contributed by atoms with Crippen LogP contribution in [0.15, 0.2) is 28.7 Å². The van der Waals surface area contributed by atoms with Crippen LogP contribution in [0.25, 0.3) is 0 Å². The van der Waals surface area contributed by atoms with Crippen molar-refractivity contribution in [2.45, 2.75) is 18.9 Å². The number of carbonyl (C=O) groups excluding carboxylic acids is 1. The molecule has 0 saturated carbocycles. The quantitative estimate of drug-likeness (QED) is 0.871. The van der Waals surface area contributed by atoms with Crippen molar-refractivity contribution >= 4 is 27.5 Å². The Balaban J connectivity index is 1.89. The standard InChI is InChI=1S/C14H20BrN3O/c1-16-9-11-5-4-8-18(11)10-14(19)17-13-7-3-2-6-12(13)15/h2-3,6-7,11,16H,4-5,8-10H2,1H3,(H,17,19). The van der Waals surface area contributed by atoms with Crippen LogP contribution in [-0.4, -0.2) is 43.5 Å². The molecule has 1 aliphatic rings. The number of para-hydroxylation sites is 1. The van der Waals surface area contributed by atoms with Crippen molar-refractivity contribution in [3.63, 3.8) is 0 Å². The molecule has 1 aromatic rings. The van der Waals surface area contributed by atoms with Crippen LogP contribution < -0.4 is 10.6 Å². The van der Waals surface area contributed by atoms with Gasteiger partial charge in [-0.1, -0.05) is 12.1 Å². The van der Waals surface area contributed by atoms with Gasteiger partial charge in [0.25, 0.3) is 0 Å². The lowest BCUT2D eigenvalue weighted by Gasteiger charge is -2.23. The summed E-state index contributed by atoms with van der Waals surface area (Å²) in [7, 11) is 1.96. The van der Waals surface area contributed by atoms with Crippen molar-refractivity contribution in [2.24, 2.45) is 0 Å². The smallest absolute Gasteiger partial charge is 0.238 e. The summed E-state index contributed by atoms with van der Waals surface area (Å²) in [5.41, 5.74) is 0.830. The molecule has 0 radical (unpaired) electrons. The van der Waals surface area contributed by atoms with Crippen LogP contribution in [0, 0.1) is 0 Å². The minimum atomic E-state index is 0.0508. The molecule has 1 fully saturated rings. The van der Waals surface area contributed by atoms with E-state index in [9.17, 15) is 4.79 Å². The van der Waals surface area contributed by atoms with Gasteiger partial charge in [0, 0.05) is 17.1 Å². The third-order valence-electron chi connectivity index (χ3n) is 3.43. The number of likely N-dealkylation sites (tertiary alicyclic amines) is 1. The summed E-state index contributed by atoms with van der Waals surface area (Å²) in [6, 6.07) is 8.16. The topological polar surface area (TPSA) is 44.4 Å². The highest BCUT2D eigenvalue weighted by Gasteiger charge is 2.25. The summed E-state index contributed by atoms with van der Waals surface area (Å²) in [6.45, 7) is 2.42. The number of halogens is 1. The van der Waals surface area contributed by atoms with E-state index >= 15 is 0 Å². The molecule has 1 aliphatic heterocycles. The van der Waals surface area contributed by atoms with E-state index in [1.807, 2.05) is 31.3 Å². The van der Waals surface area contributed by atoms with Crippen LogP contribution in [0.5, 0.6) is 0 Å². The molecule has 5 heteroatoms. The average Bonchev–Trinajstić information content (AvgIpc) is 2.80. The van der Waals surface area contributed by atoms with Gasteiger partial charge in [0.1, 0.15) is 0 Å². The minimum absolute atomic E-state index is 0.0508. The third kappa shape index (κ3) is 4.03. The van der Waals surface area contributed by atoms with E-state index in [1.165, 1.54) is 12.8 Å².